The van der Waals surface area contributed by atoms with Crippen molar-refractivity contribution in [3.8, 4) is 12.3 Å². The molecule has 84 valence electrons. The molecule has 0 aliphatic carbocycles. The first-order valence-electron chi connectivity index (χ1n) is 4.84. The zero-order valence-electron chi connectivity index (χ0n) is 9.01. The van der Waals surface area contributed by atoms with Crippen LogP contribution in [-0.4, -0.2) is 19.0 Å². The van der Waals surface area contributed by atoms with Crippen LogP contribution in [0, 0.1) is 19.3 Å². The van der Waals surface area contributed by atoms with Gasteiger partial charge in [0.25, 0.3) is 0 Å². The highest BCUT2D eigenvalue weighted by Gasteiger charge is 2.05. The molecule has 0 heterocycles. The van der Waals surface area contributed by atoms with Crippen LogP contribution in [-0.2, 0) is 4.79 Å². The molecule has 0 unspecified atom stereocenters. The van der Waals surface area contributed by atoms with Crippen LogP contribution < -0.4 is 10.6 Å². The first-order chi connectivity index (χ1) is 7.65. The molecule has 1 rings (SSSR count). The average molecular weight is 281 g/mol. The number of amides is 1. The Morgan fingerprint density at radius 3 is 3.00 bits per heavy atom. The summed E-state index contributed by atoms with van der Waals surface area (Å²) in [5.41, 5.74) is 1.81. The fourth-order valence-corrected chi connectivity index (χ4v) is 1.55. The van der Waals surface area contributed by atoms with E-state index in [1.807, 2.05) is 25.1 Å². The Morgan fingerprint density at radius 2 is 2.31 bits per heavy atom. The van der Waals surface area contributed by atoms with Crippen molar-refractivity contribution in [1.82, 2.24) is 5.32 Å². The highest BCUT2D eigenvalue weighted by Crippen LogP contribution is 2.23. The summed E-state index contributed by atoms with van der Waals surface area (Å²) in [5, 5.41) is 5.64. The van der Waals surface area contributed by atoms with Crippen LogP contribution in [0.25, 0.3) is 0 Å². The number of benzene rings is 1. The van der Waals surface area contributed by atoms with Gasteiger partial charge in [0.2, 0.25) is 5.91 Å². The number of anilines is 1. The van der Waals surface area contributed by atoms with Crippen LogP contribution in [0.5, 0.6) is 0 Å². The number of carbonyl (C=O) groups is 1. The first-order valence-corrected chi connectivity index (χ1v) is 5.63. The molecule has 0 radical (unpaired) electrons. The minimum Gasteiger partial charge on any atom is -0.325 e. The van der Waals surface area contributed by atoms with Gasteiger partial charge in [-0.05, 0) is 24.6 Å². The molecule has 3 nitrogen and oxygen atoms in total. The maximum atomic E-state index is 11.5. The van der Waals surface area contributed by atoms with Gasteiger partial charge in [0.15, 0.2) is 0 Å². The van der Waals surface area contributed by atoms with Crippen LogP contribution in [0.4, 0.5) is 5.69 Å². The van der Waals surface area contributed by atoms with E-state index in [2.05, 4.69) is 32.5 Å². The van der Waals surface area contributed by atoms with E-state index in [9.17, 15) is 4.79 Å². The van der Waals surface area contributed by atoms with E-state index in [0.717, 1.165) is 15.7 Å². The van der Waals surface area contributed by atoms with E-state index in [0.29, 0.717) is 6.54 Å². The molecule has 0 saturated carbocycles. The number of hydrogen-bond acceptors (Lipinski definition) is 2. The lowest BCUT2D eigenvalue weighted by atomic mass is 10.2. The van der Waals surface area contributed by atoms with Gasteiger partial charge in [-0.3, -0.25) is 10.1 Å². The van der Waals surface area contributed by atoms with Crippen molar-refractivity contribution >= 4 is 27.5 Å². The number of terminal acetylenes is 1. The number of rotatable bonds is 4. The summed E-state index contributed by atoms with van der Waals surface area (Å²) in [5.74, 6) is 2.31. The zero-order valence-corrected chi connectivity index (χ0v) is 10.6. The molecule has 0 aliphatic heterocycles. The molecular formula is C12H13BrN2O. The van der Waals surface area contributed by atoms with Gasteiger partial charge >= 0.3 is 0 Å². The Labute approximate surface area is 104 Å². The molecule has 1 aromatic rings. The molecule has 0 saturated heterocycles. The van der Waals surface area contributed by atoms with E-state index in [-0.39, 0.29) is 12.5 Å². The maximum Gasteiger partial charge on any atom is 0.238 e. The van der Waals surface area contributed by atoms with E-state index >= 15 is 0 Å². The lowest BCUT2D eigenvalue weighted by Crippen LogP contribution is -2.28. The van der Waals surface area contributed by atoms with Gasteiger partial charge in [-0.2, -0.15) is 0 Å². The third-order valence-corrected chi connectivity index (χ3v) is 2.91. The summed E-state index contributed by atoms with van der Waals surface area (Å²) in [6.45, 7) is 2.55. The molecule has 1 amide bonds. The summed E-state index contributed by atoms with van der Waals surface area (Å²) in [4.78, 5) is 11.5. The fraction of sp³-hybridized carbons (Fsp3) is 0.250. The molecule has 2 N–H and O–H groups in total. The second kappa shape index (κ2) is 6.31. The van der Waals surface area contributed by atoms with Crippen LogP contribution in [0.2, 0.25) is 0 Å². The van der Waals surface area contributed by atoms with Crippen molar-refractivity contribution in [2.75, 3.05) is 18.4 Å². The number of halogens is 1. The Balaban J connectivity index is 2.57. The van der Waals surface area contributed by atoms with E-state index in [4.69, 9.17) is 6.42 Å². The number of hydrogen-bond donors (Lipinski definition) is 2. The molecule has 16 heavy (non-hydrogen) atoms. The molecule has 0 atom stereocenters. The van der Waals surface area contributed by atoms with Crippen molar-refractivity contribution in [3.05, 3.63) is 28.2 Å². The van der Waals surface area contributed by atoms with E-state index in [1.54, 1.807) is 0 Å². The number of carbonyl (C=O) groups excluding carboxylic acids is 1. The molecule has 0 aromatic heterocycles. The Kier molecular flexibility index (Phi) is 5.03. The van der Waals surface area contributed by atoms with Gasteiger partial charge < -0.3 is 5.32 Å². The minimum absolute atomic E-state index is 0.101. The topological polar surface area (TPSA) is 41.1 Å². The van der Waals surface area contributed by atoms with Crippen molar-refractivity contribution < 1.29 is 4.79 Å². The molecule has 4 heteroatoms. The molecule has 1 aromatic carbocycles. The molecule has 0 fully saturated rings. The van der Waals surface area contributed by atoms with Crippen molar-refractivity contribution in [1.29, 1.82) is 0 Å². The van der Waals surface area contributed by atoms with Crippen molar-refractivity contribution in [2.45, 2.75) is 6.92 Å². The predicted octanol–water partition coefficient (Wildman–Crippen LogP) is 1.92. The van der Waals surface area contributed by atoms with Crippen LogP contribution in [0.3, 0.4) is 0 Å². The lowest BCUT2D eigenvalue weighted by Gasteiger charge is -2.09. The van der Waals surface area contributed by atoms with Crippen LogP contribution >= 0.6 is 15.9 Å². The third kappa shape index (κ3) is 3.69. The summed E-state index contributed by atoms with van der Waals surface area (Å²) >= 11 is 3.41. The first kappa shape index (κ1) is 12.8. The highest BCUT2D eigenvalue weighted by molar-refractivity contribution is 9.10. The van der Waals surface area contributed by atoms with E-state index < -0.39 is 0 Å². The fourth-order valence-electron chi connectivity index (χ4n) is 1.19. The van der Waals surface area contributed by atoms with Crippen LogP contribution in [0.1, 0.15) is 5.56 Å². The quantitative estimate of drug-likeness (QED) is 0.654. The van der Waals surface area contributed by atoms with Gasteiger partial charge in [0.05, 0.1) is 13.1 Å². The predicted molar refractivity (Wildman–Crippen MR) is 69.2 cm³/mol. The average Bonchev–Trinajstić information content (AvgIpc) is 2.25. The smallest absolute Gasteiger partial charge is 0.238 e. The maximum absolute atomic E-state index is 11.5. The van der Waals surface area contributed by atoms with Gasteiger partial charge in [-0.15, -0.1) is 6.42 Å². The Morgan fingerprint density at radius 1 is 1.56 bits per heavy atom. The van der Waals surface area contributed by atoms with Gasteiger partial charge in [0.1, 0.15) is 0 Å². The summed E-state index contributed by atoms with van der Waals surface area (Å²) in [6, 6.07) is 5.67. The molecule has 0 aliphatic rings. The third-order valence-electron chi connectivity index (χ3n) is 2.05. The van der Waals surface area contributed by atoms with Gasteiger partial charge in [-0.25, -0.2) is 0 Å². The summed E-state index contributed by atoms with van der Waals surface area (Å²) in [7, 11) is 0. The second-order valence-electron chi connectivity index (χ2n) is 3.27. The monoisotopic (exact) mass is 280 g/mol. The second-order valence-corrected chi connectivity index (χ2v) is 4.12. The van der Waals surface area contributed by atoms with Crippen LogP contribution in [0.15, 0.2) is 22.7 Å². The zero-order chi connectivity index (χ0) is 12.0. The minimum atomic E-state index is -0.101. The summed E-state index contributed by atoms with van der Waals surface area (Å²) in [6.07, 6.45) is 5.06. The SMILES string of the molecule is C#CCNCC(=O)Nc1cccc(Br)c1C. The van der Waals surface area contributed by atoms with Gasteiger partial charge in [-0.1, -0.05) is 27.9 Å². The largest absolute Gasteiger partial charge is 0.325 e. The van der Waals surface area contributed by atoms with E-state index in [1.165, 1.54) is 0 Å². The standard InChI is InChI=1S/C12H13BrN2O/c1-3-7-14-8-12(16)15-11-6-4-5-10(13)9(11)2/h1,4-6,14H,7-8H2,2H3,(H,15,16). The normalized spacial score (nSPS) is 9.56. The Hall–Kier alpha value is -1.31. The Bertz CT molecular complexity index is 424. The van der Waals surface area contributed by atoms with Gasteiger partial charge in [0, 0.05) is 10.2 Å². The lowest BCUT2D eigenvalue weighted by molar-refractivity contribution is -0.115. The van der Waals surface area contributed by atoms with Crippen molar-refractivity contribution in [3.63, 3.8) is 0 Å². The highest BCUT2D eigenvalue weighted by atomic mass is 79.9. The van der Waals surface area contributed by atoms with Crippen molar-refractivity contribution in [2.24, 2.45) is 0 Å². The summed E-state index contributed by atoms with van der Waals surface area (Å²) < 4.78 is 0.974. The molecule has 0 spiro atoms. The number of nitrogens with one attached hydrogen (secondary N) is 2. The molecular weight excluding hydrogens is 268 g/mol. The molecule has 0 bridgehead atoms.